The highest BCUT2D eigenvalue weighted by Gasteiger charge is 2.32. The lowest BCUT2D eigenvalue weighted by atomic mass is 9.83. The summed E-state index contributed by atoms with van der Waals surface area (Å²) in [6.07, 6.45) is 0. The minimum absolute atomic E-state index is 0.0319. The van der Waals surface area contributed by atoms with Crippen molar-refractivity contribution in [3.63, 3.8) is 0 Å². The molecule has 0 aliphatic heterocycles. The Labute approximate surface area is 109 Å². The standard InChI is InChI=1S/C14H20ClNO/c1-11(15)10-16(4)13(17)14(2,3)12-8-6-5-7-9-12/h5-9,11H,10H2,1-4H3. The summed E-state index contributed by atoms with van der Waals surface area (Å²) in [7, 11) is 1.80. The molecule has 17 heavy (non-hydrogen) atoms. The Bertz CT molecular complexity index is 373. The van der Waals surface area contributed by atoms with E-state index in [4.69, 9.17) is 11.6 Å². The maximum atomic E-state index is 12.4. The number of hydrogen-bond donors (Lipinski definition) is 0. The normalized spacial score (nSPS) is 13.2. The zero-order chi connectivity index (χ0) is 13.1. The van der Waals surface area contributed by atoms with E-state index in [2.05, 4.69) is 0 Å². The van der Waals surface area contributed by atoms with Gasteiger partial charge in [-0.25, -0.2) is 0 Å². The number of halogens is 1. The largest absolute Gasteiger partial charge is 0.344 e. The molecule has 0 saturated heterocycles. The molecule has 3 heteroatoms. The first-order chi connectivity index (χ1) is 7.85. The minimum atomic E-state index is -0.512. The Balaban J connectivity index is 2.87. The number of carbonyl (C=O) groups excluding carboxylic acids is 1. The van der Waals surface area contributed by atoms with Crippen molar-refractivity contribution < 1.29 is 4.79 Å². The van der Waals surface area contributed by atoms with Gasteiger partial charge in [-0.15, -0.1) is 11.6 Å². The summed E-state index contributed by atoms with van der Waals surface area (Å²) < 4.78 is 0. The molecule has 0 radical (unpaired) electrons. The predicted molar refractivity (Wildman–Crippen MR) is 72.4 cm³/mol. The zero-order valence-electron chi connectivity index (χ0n) is 10.9. The van der Waals surface area contributed by atoms with E-state index >= 15 is 0 Å². The molecule has 0 heterocycles. The van der Waals surface area contributed by atoms with E-state index in [1.54, 1.807) is 11.9 Å². The van der Waals surface area contributed by atoms with Crippen LogP contribution >= 0.6 is 11.6 Å². The maximum Gasteiger partial charge on any atom is 0.232 e. The van der Waals surface area contributed by atoms with E-state index in [0.29, 0.717) is 6.54 Å². The lowest BCUT2D eigenvalue weighted by molar-refractivity contribution is -0.134. The van der Waals surface area contributed by atoms with E-state index in [-0.39, 0.29) is 11.3 Å². The van der Waals surface area contributed by atoms with Gasteiger partial charge in [0.25, 0.3) is 0 Å². The van der Waals surface area contributed by atoms with Crippen molar-refractivity contribution in [1.29, 1.82) is 0 Å². The minimum Gasteiger partial charge on any atom is -0.344 e. The topological polar surface area (TPSA) is 20.3 Å². The van der Waals surface area contributed by atoms with Crippen molar-refractivity contribution in [1.82, 2.24) is 4.90 Å². The van der Waals surface area contributed by atoms with Gasteiger partial charge < -0.3 is 4.90 Å². The number of benzene rings is 1. The molecule has 1 aromatic rings. The number of likely N-dealkylation sites (N-methyl/N-ethyl adjacent to an activating group) is 1. The van der Waals surface area contributed by atoms with Crippen LogP contribution in [0.4, 0.5) is 0 Å². The fourth-order valence-corrected chi connectivity index (χ4v) is 2.12. The SMILES string of the molecule is CC(Cl)CN(C)C(=O)C(C)(C)c1ccccc1. The van der Waals surface area contributed by atoms with Crippen LogP contribution in [0.25, 0.3) is 0 Å². The van der Waals surface area contributed by atoms with Gasteiger partial charge in [0.15, 0.2) is 0 Å². The molecule has 0 aromatic heterocycles. The summed E-state index contributed by atoms with van der Waals surface area (Å²) in [4.78, 5) is 14.1. The first kappa shape index (κ1) is 14.0. The average Bonchev–Trinajstić information content (AvgIpc) is 2.28. The lowest BCUT2D eigenvalue weighted by Gasteiger charge is -2.30. The molecule has 1 aromatic carbocycles. The Morgan fingerprint density at radius 2 is 1.88 bits per heavy atom. The van der Waals surface area contributed by atoms with E-state index in [1.807, 2.05) is 51.1 Å². The summed E-state index contributed by atoms with van der Waals surface area (Å²) in [5.41, 5.74) is 0.515. The third-order valence-electron chi connectivity index (χ3n) is 2.90. The summed E-state index contributed by atoms with van der Waals surface area (Å²) in [5.74, 6) is 0.0937. The number of amides is 1. The van der Waals surface area contributed by atoms with Crippen molar-refractivity contribution >= 4 is 17.5 Å². The molecule has 0 fully saturated rings. The fourth-order valence-electron chi connectivity index (χ4n) is 1.92. The van der Waals surface area contributed by atoms with Gasteiger partial charge in [-0.1, -0.05) is 30.3 Å². The summed E-state index contributed by atoms with van der Waals surface area (Å²) >= 11 is 5.92. The van der Waals surface area contributed by atoms with E-state index in [0.717, 1.165) is 5.56 Å². The van der Waals surface area contributed by atoms with Crippen molar-refractivity contribution in [3.05, 3.63) is 35.9 Å². The second kappa shape index (κ2) is 5.54. The van der Waals surface area contributed by atoms with Crippen LogP contribution in [0.2, 0.25) is 0 Å². The lowest BCUT2D eigenvalue weighted by Crippen LogP contribution is -2.43. The van der Waals surface area contributed by atoms with Crippen molar-refractivity contribution in [2.45, 2.75) is 31.6 Å². The molecular formula is C14H20ClNO. The van der Waals surface area contributed by atoms with Crippen LogP contribution in [-0.2, 0) is 10.2 Å². The molecule has 1 rings (SSSR count). The van der Waals surface area contributed by atoms with Crippen LogP contribution in [0.1, 0.15) is 26.3 Å². The highest BCUT2D eigenvalue weighted by molar-refractivity contribution is 6.20. The van der Waals surface area contributed by atoms with Crippen molar-refractivity contribution in [2.24, 2.45) is 0 Å². The zero-order valence-corrected chi connectivity index (χ0v) is 11.7. The number of nitrogens with zero attached hydrogens (tertiary/aromatic N) is 1. The highest BCUT2D eigenvalue weighted by Crippen LogP contribution is 2.25. The molecule has 0 bridgehead atoms. The van der Waals surface area contributed by atoms with Gasteiger partial charge in [0, 0.05) is 19.0 Å². The van der Waals surface area contributed by atoms with Crippen LogP contribution < -0.4 is 0 Å². The van der Waals surface area contributed by atoms with Crippen molar-refractivity contribution in [2.75, 3.05) is 13.6 Å². The van der Waals surface area contributed by atoms with Gasteiger partial charge in [0.1, 0.15) is 0 Å². The van der Waals surface area contributed by atoms with Gasteiger partial charge in [-0.3, -0.25) is 4.79 Å². The third kappa shape index (κ3) is 3.47. The summed E-state index contributed by atoms with van der Waals surface area (Å²) in [5, 5.41) is -0.0319. The molecule has 1 unspecified atom stereocenters. The van der Waals surface area contributed by atoms with Gasteiger partial charge in [0.2, 0.25) is 5.91 Å². The van der Waals surface area contributed by atoms with Gasteiger partial charge in [0.05, 0.1) is 5.41 Å². The second-order valence-corrected chi connectivity index (χ2v) is 5.70. The number of rotatable bonds is 4. The molecule has 0 saturated carbocycles. The molecular weight excluding hydrogens is 234 g/mol. The van der Waals surface area contributed by atoms with E-state index in [1.165, 1.54) is 0 Å². The first-order valence-electron chi connectivity index (χ1n) is 5.81. The molecule has 0 N–H and O–H groups in total. The molecule has 2 nitrogen and oxygen atoms in total. The molecule has 1 amide bonds. The number of alkyl halides is 1. The summed E-state index contributed by atoms with van der Waals surface area (Å²) in [6.45, 7) is 6.34. The van der Waals surface area contributed by atoms with Crippen LogP contribution in [0.3, 0.4) is 0 Å². The van der Waals surface area contributed by atoms with Crippen LogP contribution in [0.15, 0.2) is 30.3 Å². The maximum absolute atomic E-state index is 12.4. The van der Waals surface area contributed by atoms with Crippen LogP contribution in [0, 0.1) is 0 Å². The third-order valence-corrected chi connectivity index (χ3v) is 3.04. The first-order valence-corrected chi connectivity index (χ1v) is 6.24. The van der Waals surface area contributed by atoms with Crippen LogP contribution in [0.5, 0.6) is 0 Å². The molecule has 0 aliphatic carbocycles. The monoisotopic (exact) mass is 253 g/mol. The number of hydrogen-bond acceptors (Lipinski definition) is 1. The molecule has 94 valence electrons. The molecule has 1 atom stereocenters. The smallest absolute Gasteiger partial charge is 0.232 e. The Hall–Kier alpha value is -1.02. The number of carbonyl (C=O) groups is 1. The van der Waals surface area contributed by atoms with Crippen molar-refractivity contribution in [3.8, 4) is 0 Å². The van der Waals surface area contributed by atoms with Crippen LogP contribution in [-0.4, -0.2) is 29.8 Å². The average molecular weight is 254 g/mol. The summed E-state index contributed by atoms with van der Waals surface area (Å²) in [6, 6.07) is 9.82. The fraction of sp³-hybridized carbons (Fsp3) is 0.500. The van der Waals surface area contributed by atoms with E-state index < -0.39 is 5.41 Å². The Morgan fingerprint density at radius 1 is 1.35 bits per heavy atom. The van der Waals surface area contributed by atoms with Gasteiger partial charge >= 0.3 is 0 Å². The Kier molecular flexibility index (Phi) is 4.58. The van der Waals surface area contributed by atoms with E-state index in [9.17, 15) is 4.79 Å². The van der Waals surface area contributed by atoms with Gasteiger partial charge in [-0.05, 0) is 26.3 Å². The quantitative estimate of drug-likeness (QED) is 0.756. The predicted octanol–water partition coefficient (Wildman–Crippen LogP) is 3.05. The second-order valence-electron chi connectivity index (χ2n) is 4.96. The van der Waals surface area contributed by atoms with Gasteiger partial charge in [-0.2, -0.15) is 0 Å². The molecule has 0 spiro atoms. The molecule has 0 aliphatic rings. The Morgan fingerprint density at radius 3 is 2.35 bits per heavy atom. The highest BCUT2D eigenvalue weighted by atomic mass is 35.5.